The molecule has 0 radical (unpaired) electrons. The molecule has 0 spiro atoms. The minimum absolute atomic E-state index is 0.229. The molecule has 0 saturated carbocycles. The predicted octanol–water partition coefficient (Wildman–Crippen LogP) is 4.38. The standard InChI is InChI=1S/C25H23F2N5OS/c26-17-2-1-3-19(12-17)29-24-23-21(8-11-34(23)33)30-25(31-24)32-9-6-15(7-10-32)22-20-13-18(27)5-4-16(20)14-28-22/h1-5,12-13,15H,6-11,14H2,(H,29,30,31). The highest BCUT2D eigenvalue weighted by Crippen LogP contribution is 2.34. The number of benzene rings is 2. The summed E-state index contributed by atoms with van der Waals surface area (Å²) in [7, 11) is -1.18. The highest BCUT2D eigenvalue weighted by molar-refractivity contribution is 7.85. The van der Waals surface area contributed by atoms with Crippen LogP contribution in [0.4, 0.5) is 26.2 Å². The normalized spacial score (nSPS) is 19.6. The van der Waals surface area contributed by atoms with Crippen LogP contribution in [0.1, 0.15) is 29.7 Å². The van der Waals surface area contributed by atoms with E-state index in [2.05, 4.69) is 10.2 Å². The molecule has 0 bridgehead atoms. The van der Waals surface area contributed by atoms with Gasteiger partial charge in [0, 0.05) is 48.1 Å². The first kappa shape index (κ1) is 21.3. The molecule has 3 aromatic rings. The zero-order chi connectivity index (χ0) is 23.2. The first-order chi connectivity index (χ1) is 16.5. The molecule has 3 aliphatic heterocycles. The maximum absolute atomic E-state index is 13.8. The van der Waals surface area contributed by atoms with Gasteiger partial charge >= 0.3 is 0 Å². The van der Waals surface area contributed by atoms with Gasteiger partial charge in [-0.1, -0.05) is 12.1 Å². The summed E-state index contributed by atoms with van der Waals surface area (Å²) in [6.45, 7) is 2.11. The van der Waals surface area contributed by atoms with Crippen molar-refractivity contribution in [2.75, 3.05) is 29.1 Å². The molecule has 1 unspecified atom stereocenters. The summed E-state index contributed by atoms with van der Waals surface area (Å²) < 4.78 is 40.1. The highest BCUT2D eigenvalue weighted by Gasteiger charge is 2.31. The Balaban J connectivity index is 1.23. The third-order valence-corrected chi connectivity index (χ3v) is 8.15. The molecule has 1 N–H and O–H groups in total. The van der Waals surface area contributed by atoms with E-state index in [9.17, 15) is 13.0 Å². The van der Waals surface area contributed by atoms with Gasteiger partial charge in [0.25, 0.3) is 0 Å². The maximum atomic E-state index is 13.8. The van der Waals surface area contributed by atoms with Gasteiger partial charge in [-0.15, -0.1) is 0 Å². The molecule has 3 aliphatic rings. The lowest BCUT2D eigenvalue weighted by molar-refractivity contribution is 0.496. The number of halogens is 2. The minimum Gasteiger partial charge on any atom is -0.341 e. The van der Waals surface area contributed by atoms with Gasteiger partial charge in [0.15, 0.2) is 5.82 Å². The van der Waals surface area contributed by atoms with Crippen LogP contribution in [0.5, 0.6) is 0 Å². The zero-order valence-electron chi connectivity index (χ0n) is 18.4. The Morgan fingerprint density at radius 2 is 1.85 bits per heavy atom. The van der Waals surface area contributed by atoms with E-state index in [-0.39, 0.29) is 17.6 Å². The lowest BCUT2D eigenvalue weighted by Gasteiger charge is -2.32. The number of hydrogen-bond donors (Lipinski definition) is 1. The number of nitrogens with one attached hydrogen (secondary N) is 1. The Bertz CT molecular complexity index is 1340. The number of aryl methyl sites for hydroxylation is 1. The fourth-order valence-electron chi connectivity index (χ4n) is 5.00. The molecule has 0 amide bonds. The van der Waals surface area contributed by atoms with E-state index >= 15 is 0 Å². The van der Waals surface area contributed by atoms with Crippen molar-refractivity contribution in [1.29, 1.82) is 0 Å². The second kappa shape index (κ2) is 8.54. The molecule has 174 valence electrons. The number of nitrogens with zero attached hydrogens (tertiary/aromatic N) is 4. The molecule has 1 atom stereocenters. The molecule has 1 saturated heterocycles. The van der Waals surface area contributed by atoms with Gasteiger partial charge in [0.05, 0.1) is 23.0 Å². The first-order valence-electron chi connectivity index (χ1n) is 11.4. The van der Waals surface area contributed by atoms with Crippen molar-refractivity contribution in [3.8, 4) is 0 Å². The summed E-state index contributed by atoms with van der Waals surface area (Å²) in [4.78, 5) is 16.9. The number of aliphatic imine (C=N–C) groups is 1. The Labute approximate surface area is 198 Å². The second-order valence-corrected chi connectivity index (χ2v) is 10.4. The molecule has 1 fully saturated rings. The van der Waals surface area contributed by atoms with E-state index in [4.69, 9.17) is 15.0 Å². The molecular formula is C25H23F2N5OS. The van der Waals surface area contributed by atoms with Crippen LogP contribution in [0.3, 0.4) is 0 Å². The number of fused-ring (bicyclic) bond motifs is 2. The molecule has 6 rings (SSSR count). The van der Waals surface area contributed by atoms with Crippen LogP contribution in [-0.2, 0) is 23.8 Å². The minimum atomic E-state index is -1.18. The molecule has 9 heteroatoms. The summed E-state index contributed by atoms with van der Waals surface area (Å²) in [5.41, 5.74) is 4.37. The predicted molar refractivity (Wildman–Crippen MR) is 128 cm³/mol. The number of hydrogen-bond acceptors (Lipinski definition) is 6. The van der Waals surface area contributed by atoms with Crippen LogP contribution in [0, 0.1) is 17.6 Å². The number of piperidine rings is 1. The largest absolute Gasteiger partial charge is 0.341 e. The number of rotatable bonds is 4. The van der Waals surface area contributed by atoms with Gasteiger partial charge in [-0.05, 0) is 48.7 Å². The van der Waals surface area contributed by atoms with Crippen molar-refractivity contribution >= 4 is 34.0 Å². The smallest absolute Gasteiger partial charge is 0.227 e. The Morgan fingerprint density at radius 1 is 1.03 bits per heavy atom. The molecule has 34 heavy (non-hydrogen) atoms. The van der Waals surface area contributed by atoms with Crippen LogP contribution in [0.15, 0.2) is 52.4 Å². The van der Waals surface area contributed by atoms with Gasteiger partial charge < -0.3 is 10.2 Å². The van der Waals surface area contributed by atoms with Crippen molar-refractivity contribution in [2.45, 2.75) is 30.7 Å². The lowest BCUT2D eigenvalue weighted by Crippen LogP contribution is -2.37. The Morgan fingerprint density at radius 3 is 2.68 bits per heavy atom. The van der Waals surface area contributed by atoms with Crippen LogP contribution in [0.2, 0.25) is 0 Å². The molecule has 1 aromatic heterocycles. The highest BCUT2D eigenvalue weighted by atomic mass is 32.2. The van der Waals surface area contributed by atoms with Crippen LogP contribution in [0.25, 0.3) is 0 Å². The van der Waals surface area contributed by atoms with Crippen LogP contribution in [-0.4, -0.2) is 38.7 Å². The van der Waals surface area contributed by atoms with Gasteiger partial charge in [0.2, 0.25) is 5.95 Å². The molecule has 0 aliphatic carbocycles. The SMILES string of the molecule is O=S1CCc2nc(N3CCC(C4=NCc5ccc(F)cc54)CC3)nc(Nc3cccc(F)c3)c21. The van der Waals surface area contributed by atoms with Crippen molar-refractivity contribution in [2.24, 2.45) is 10.9 Å². The number of anilines is 3. The Hall–Kier alpha value is -3.20. The van der Waals surface area contributed by atoms with Crippen LogP contribution < -0.4 is 10.2 Å². The molecule has 4 heterocycles. The monoisotopic (exact) mass is 479 g/mol. The van der Waals surface area contributed by atoms with Crippen molar-refractivity contribution in [3.05, 3.63) is 70.9 Å². The van der Waals surface area contributed by atoms with E-state index in [1.165, 1.54) is 18.2 Å². The quantitative estimate of drug-likeness (QED) is 0.601. The van der Waals surface area contributed by atoms with E-state index < -0.39 is 10.8 Å². The molecular weight excluding hydrogens is 456 g/mol. The van der Waals surface area contributed by atoms with Crippen molar-refractivity contribution in [3.63, 3.8) is 0 Å². The van der Waals surface area contributed by atoms with E-state index in [1.54, 1.807) is 18.2 Å². The average molecular weight is 480 g/mol. The third kappa shape index (κ3) is 3.87. The lowest BCUT2D eigenvalue weighted by atomic mass is 9.88. The van der Waals surface area contributed by atoms with Gasteiger partial charge in [-0.3, -0.25) is 9.20 Å². The van der Waals surface area contributed by atoms with Gasteiger partial charge in [0.1, 0.15) is 16.5 Å². The summed E-state index contributed by atoms with van der Waals surface area (Å²) in [5.74, 6) is 1.28. The fourth-order valence-corrected chi connectivity index (χ4v) is 6.30. The summed E-state index contributed by atoms with van der Waals surface area (Å²) in [5, 5.41) is 3.16. The van der Waals surface area contributed by atoms with E-state index in [1.807, 2.05) is 6.07 Å². The fraction of sp³-hybridized carbons (Fsp3) is 0.320. The van der Waals surface area contributed by atoms with E-state index in [0.717, 1.165) is 48.5 Å². The van der Waals surface area contributed by atoms with Gasteiger partial charge in [-0.25, -0.2) is 13.8 Å². The summed E-state index contributed by atoms with van der Waals surface area (Å²) in [6.07, 6.45) is 2.37. The van der Waals surface area contributed by atoms with E-state index in [0.29, 0.717) is 41.1 Å². The third-order valence-electron chi connectivity index (χ3n) is 6.70. The van der Waals surface area contributed by atoms with Gasteiger partial charge in [-0.2, -0.15) is 4.98 Å². The molecule has 6 nitrogen and oxygen atoms in total. The second-order valence-electron chi connectivity index (χ2n) is 8.85. The number of aromatic nitrogens is 2. The first-order valence-corrected chi connectivity index (χ1v) is 12.8. The Kier molecular flexibility index (Phi) is 5.36. The average Bonchev–Trinajstić information content (AvgIpc) is 3.42. The van der Waals surface area contributed by atoms with Crippen molar-refractivity contribution < 1.29 is 13.0 Å². The topological polar surface area (TPSA) is 70.5 Å². The zero-order valence-corrected chi connectivity index (χ0v) is 19.2. The summed E-state index contributed by atoms with van der Waals surface area (Å²) >= 11 is 0. The molecule has 2 aromatic carbocycles. The van der Waals surface area contributed by atoms with Crippen molar-refractivity contribution in [1.82, 2.24) is 9.97 Å². The maximum Gasteiger partial charge on any atom is 0.227 e. The summed E-state index contributed by atoms with van der Waals surface area (Å²) in [6, 6.07) is 11.1. The van der Waals surface area contributed by atoms with Crippen LogP contribution >= 0.6 is 0 Å².